The number of benzene rings is 1. The molecule has 0 fully saturated rings. The van der Waals surface area contributed by atoms with Crippen molar-refractivity contribution in [3.05, 3.63) is 41.7 Å². The van der Waals surface area contributed by atoms with Gasteiger partial charge >= 0.3 is 0 Å². The second-order valence-corrected chi connectivity index (χ2v) is 5.89. The van der Waals surface area contributed by atoms with Crippen molar-refractivity contribution in [2.24, 2.45) is 5.92 Å². The molecule has 1 aromatic carbocycles. The Labute approximate surface area is 126 Å². The fourth-order valence-corrected chi connectivity index (χ4v) is 2.75. The molecular formula is C18H22N2O. The third-order valence-electron chi connectivity index (χ3n) is 3.98. The fraction of sp³-hybridized carbons (Fsp3) is 0.444. The molecule has 0 spiro atoms. The first kappa shape index (κ1) is 14.1. The van der Waals surface area contributed by atoms with Gasteiger partial charge in [0.15, 0.2) is 5.82 Å². The van der Waals surface area contributed by atoms with Crippen LogP contribution >= 0.6 is 0 Å². The summed E-state index contributed by atoms with van der Waals surface area (Å²) in [6.45, 7) is 5.16. The van der Waals surface area contributed by atoms with Gasteiger partial charge < -0.3 is 4.74 Å². The van der Waals surface area contributed by atoms with Crippen molar-refractivity contribution >= 4 is 0 Å². The summed E-state index contributed by atoms with van der Waals surface area (Å²) in [6, 6.07) is 8.07. The van der Waals surface area contributed by atoms with Gasteiger partial charge in [-0.25, -0.2) is 9.97 Å². The zero-order valence-electron chi connectivity index (χ0n) is 12.8. The molecule has 1 heterocycles. The van der Waals surface area contributed by atoms with Gasteiger partial charge in [-0.15, -0.1) is 0 Å². The first-order valence-electron chi connectivity index (χ1n) is 7.84. The minimum absolute atomic E-state index is 0.752. The molecule has 0 radical (unpaired) electrons. The molecule has 1 aliphatic carbocycles. The average Bonchev–Trinajstić information content (AvgIpc) is 2.53. The van der Waals surface area contributed by atoms with Crippen LogP contribution in [0.3, 0.4) is 0 Å². The van der Waals surface area contributed by atoms with Crippen molar-refractivity contribution < 1.29 is 4.74 Å². The van der Waals surface area contributed by atoms with Crippen LogP contribution in [0.1, 0.15) is 37.9 Å². The molecule has 0 saturated heterocycles. The Balaban J connectivity index is 1.80. The lowest BCUT2D eigenvalue weighted by molar-refractivity contribution is 0.317. The molecule has 1 unspecified atom stereocenters. The maximum absolute atomic E-state index is 5.61. The van der Waals surface area contributed by atoms with Gasteiger partial charge in [0.05, 0.1) is 6.61 Å². The van der Waals surface area contributed by atoms with E-state index in [-0.39, 0.29) is 0 Å². The second-order valence-electron chi connectivity index (χ2n) is 5.89. The molecule has 0 saturated carbocycles. The van der Waals surface area contributed by atoms with Crippen LogP contribution in [0.15, 0.2) is 30.5 Å². The summed E-state index contributed by atoms with van der Waals surface area (Å²) in [5.41, 5.74) is 3.60. The molecule has 3 heteroatoms. The number of hydrogen-bond donors (Lipinski definition) is 0. The van der Waals surface area contributed by atoms with E-state index < -0.39 is 0 Å². The largest absolute Gasteiger partial charge is 0.494 e. The van der Waals surface area contributed by atoms with Crippen LogP contribution in [0, 0.1) is 5.92 Å². The molecule has 1 aromatic heterocycles. The van der Waals surface area contributed by atoms with Gasteiger partial charge in [0.2, 0.25) is 0 Å². The van der Waals surface area contributed by atoms with E-state index in [9.17, 15) is 0 Å². The van der Waals surface area contributed by atoms with E-state index in [0.29, 0.717) is 0 Å². The molecule has 0 bridgehead atoms. The van der Waals surface area contributed by atoms with E-state index in [4.69, 9.17) is 9.72 Å². The predicted octanol–water partition coefficient (Wildman–Crippen LogP) is 4.06. The highest BCUT2D eigenvalue weighted by molar-refractivity contribution is 5.56. The van der Waals surface area contributed by atoms with E-state index in [1.54, 1.807) is 0 Å². The highest BCUT2D eigenvalue weighted by Crippen LogP contribution is 2.26. The molecular weight excluding hydrogens is 260 g/mol. The van der Waals surface area contributed by atoms with Crippen LogP contribution in [0.4, 0.5) is 0 Å². The molecule has 0 N–H and O–H groups in total. The smallest absolute Gasteiger partial charge is 0.159 e. The van der Waals surface area contributed by atoms with E-state index in [1.807, 2.05) is 30.5 Å². The maximum Gasteiger partial charge on any atom is 0.159 e. The Bertz CT molecular complexity index is 607. The number of nitrogens with zero attached hydrogens (tertiary/aromatic N) is 2. The third kappa shape index (κ3) is 3.23. The van der Waals surface area contributed by atoms with Crippen molar-refractivity contribution in [1.82, 2.24) is 9.97 Å². The Kier molecular flexibility index (Phi) is 4.18. The molecule has 1 atom stereocenters. The highest BCUT2D eigenvalue weighted by atomic mass is 16.5. The van der Waals surface area contributed by atoms with Crippen molar-refractivity contribution in [3.8, 4) is 17.1 Å². The molecule has 110 valence electrons. The second kappa shape index (κ2) is 6.25. The van der Waals surface area contributed by atoms with Gasteiger partial charge in [-0.1, -0.05) is 13.8 Å². The minimum Gasteiger partial charge on any atom is -0.494 e. The van der Waals surface area contributed by atoms with Crippen molar-refractivity contribution in [2.75, 3.05) is 6.61 Å². The van der Waals surface area contributed by atoms with E-state index in [2.05, 4.69) is 18.8 Å². The van der Waals surface area contributed by atoms with Gasteiger partial charge in [0.25, 0.3) is 0 Å². The molecule has 3 nitrogen and oxygen atoms in total. The summed E-state index contributed by atoms with van der Waals surface area (Å²) in [6.07, 6.45) is 6.44. The number of aromatic nitrogens is 2. The summed E-state index contributed by atoms with van der Waals surface area (Å²) in [5.74, 6) is 2.49. The zero-order chi connectivity index (χ0) is 14.7. The van der Waals surface area contributed by atoms with Crippen molar-refractivity contribution in [1.29, 1.82) is 0 Å². The number of aryl methyl sites for hydroxylation is 1. The lowest BCUT2D eigenvalue weighted by atomic mass is 9.89. The standard InChI is InChI=1S/C18H22N2O/c1-3-10-21-16-7-5-14(6-8-16)18-19-12-15-11-13(2)4-9-17(15)20-18/h5-8,12-13H,3-4,9-11H2,1-2H3. The maximum atomic E-state index is 5.61. The normalized spacial score (nSPS) is 17.3. The monoisotopic (exact) mass is 282 g/mol. The van der Waals surface area contributed by atoms with Crippen LogP contribution in [0.25, 0.3) is 11.4 Å². The van der Waals surface area contributed by atoms with Crippen LogP contribution in [-0.4, -0.2) is 16.6 Å². The minimum atomic E-state index is 0.752. The van der Waals surface area contributed by atoms with Crippen LogP contribution in [-0.2, 0) is 12.8 Å². The highest BCUT2D eigenvalue weighted by Gasteiger charge is 2.17. The fourth-order valence-electron chi connectivity index (χ4n) is 2.75. The van der Waals surface area contributed by atoms with Crippen LogP contribution < -0.4 is 4.74 Å². The first-order chi connectivity index (χ1) is 10.3. The molecule has 21 heavy (non-hydrogen) atoms. The quantitative estimate of drug-likeness (QED) is 0.848. The predicted molar refractivity (Wildman–Crippen MR) is 84.4 cm³/mol. The summed E-state index contributed by atoms with van der Waals surface area (Å²) in [4.78, 5) is 9.29. The lowest BCUT2D eigenvalue weighted by Gasteiger charge is -2.20. The average molecular weight is 282 g/mol. The number of fused-ring (bicyclic) bond motifs is 1. The van der Waals surface area contributed by atoms with Crippen LogP contribution in [0.2, 0.25) is 0 Å². The van der Waals surface area contributed by atoms with Gasteiger partial charge in [-0.05, 0) is 61.4 Å². The third-order valence-corrected chi connectivity index (χ3v) is 3.98. The van der Waals surface area contributed by atoms with Crippen LogP contribution in [0.5, 0.6) is 5.75 Å². The number of hydrogen-bond acceptors (Lipinski definition) is 3. The SMILES string of the molecule is CCCOc1ccc(-c2ncc3c(n2)CCC(C)C3)cc1. The molecule has 1 aliphatic rings. The van der Waals surface area contributed by atoms with Gasteiger partial charge in [0, 0.05) is 17.5 Å². The van der Waals surface area contributed by atoms with Gasteiger partial charge in [-0.2, -0.15) is 0 Å². The summed E-state index contributed by atoms with van der Waals surface area (Å²) >= 11 is 0. The van der Waals surface area contributed by atoms with E-state index in [1.165, 1.54) is 17.7 Å². The van der Waals surface area contributed by atoms with Gasteiger partial charge in [-0.3, -0.25) is 0 Å². The Morgan fingerprint density at radius 2 is 2.05 bits per heavy atom. The van der Waals surface area contributed by atoms with E-state index >= 15 is 0 Å². The molecule has 3 rings (SSSR count). The van der Waals surface area contributed by atoms with Crippen molar-refractivity contribution in [3.63, 3.8) is 0 Å². The van der Waals surface area contributed by atoms with Gasteiger partial charge in [0.1, 0.15) is 5.75 Å². The molecule has 2 aromatic rings. The molecule has 0 aliphatic heterocycles. The van der Waals surface area contributed by atoms with Crippen molar-refractivity contribution in [2.45, 2.75) is 39.5 Å². The lowest BCUT2D eigenvalue weighted by Crippen LogP contribution is -2.14. The summed E-state index contributed by atoms with van der Waals surface area (Å²) in [5, 5.41) is 0. The molecule has 0 amide bonds. The summed E-state index contributed by atoms with van der Waals surface area (Å²) < 4.78 is 5.61. The topological polar surface area (TPSA) is 35.0 Å². The number of rotatable bonds is 4. The number of ether oxygens (including phenoxy) is 1. The zero-order valence-corrected chi connectivity index (χ0v) is 12.8. The Morgan fingerprint density at radius 3 is 2.81 bits per heavy atom. The van der Waals surface area contributed by atoms with E-state index in [0.717, 1.165) is 48.9 Å². The first-order valence-corrected chi connectivity index (χ1v) is 7.84. The Hall–Kier alpha value is -1.90. The summed E-state index contributed by atoms with van der Waals surface area (Å²) in [7, 11) is 0. The Morgan fingerprint density at radius 1 is 1.24 bits per heavy atom.